The predicted molar refractivity (Wildman–Crippen MR) is 67.9 cm³/mol. The van der Waals surface area contributed by atoms with E-state index in [1.54, 1.807) is 4.90 Å². The van der Waals surface area contributed by atoms with Crippen molar-refractivity contribution in [2.45, 2.75) is 26.4 Å². The molecule has 0 N–H and O–H groups in total. The van der Waals surface area contributed by atoms with E-state index in [1.807, 2.05) is 20.8 Å². The molecule has 0 spiro atoms. The lowest BCUT2D eigenvalue weighted by atomic mass is 10.2. The summed E-state index contributed by atoms with van der Waals surface area (Å²) in [4.78, 5) is 18.1. The molecule has 0 unspecified atom stereocenters. The molecule has 1 fully saturated rings. The van der Waals surface area contributed by atoms with Crippen LogP contribution in [0.2, 0.25) is 0 Å². The van der Waals surface area contributed by atoms with E-state index >= 15 is 0 Å². The van der Waals surface area contributed by atoms with E-state index in [2.05, 4.69) is 23.9 Å². The fraction of sp³-hybridized carbons (Fsp3) is 0.917. The van der Waals surface area contributed by atoms with Gasteiger partial charge in [0.25, 0.3) is 0 Å². The molecule has 1 aliphatic heterocycles. The average molecular weight is 243 g/mol. The summed E-state index contributed by atoms with van der Waals surface area (Å²) in [5.74, 6) is 0. The van der Waals surface area contributed by atoms with Gasteiger partial charge >= 0.3 is 6.09 Å². The van der Waals surface area contributed by atoms with Gasteiger partial charge in [0.05, 0.1) is 6.67 Å². The van der Waals surface area contributed by atoms with Crippen molar-refractivity contribution in [3.05, 3.63) is 0 Å². The Morgan fingerprint density at radius 1 is 1.18 bits per heavy atom. The lowest BCUT2D eigenvalue weighted by Gasteiger charge is -2.36. The summed E-state index contributed by atoms with van der Waals surface area (Å²) in [6.45, 7) is 9.97. The van der Waals surface area contributed by atoms with E-state index in [4.69, 9.17) is 4.74 Å². The van der Waals surface area contributed by atoms with Crippen LogP contribution in [0.5, 0.6) is 0 Å². The van der Waals surface area contributed by atoms with Crippen LogP contribution >= 0.6 is 0 Å². The van der Waals surface area contributed by atoms with Crippen LogP contribution < -0.4 is 0 Å². The van der Waals surface area contributed by atoms with Crippen molar-refractivity contribution in [2.24, 2.45) is 0 Å². The molecule has 0 atom stereocenters. The van der Waals surface area contributed by atoms with Gasteiger partial charge in [0.1, 0.15) is 5.60 Å². The van der Waals surface area contributed by atoms with Crippen LogP contribution in [-0.4, -0.2) is 73.3 Å². The van der Waals surface area contributed by atoms with Crippen molar-refractivity contribution in [3.8, 4) is 0 Å². The number of hydrogen-bond acceptors (Lipinski definition) is 4. The third-order valence-electron chi connectivity index (χ3n) is 2.51. The normalized spacial score (nSPS) is 18.6. The summed E-state index contributed by atoms with van der Waals surface area (Å²) >= 11 is 0. The van der Waals surface area contributed by atoms with Crippen molar-refractivity contribution >= 4 is 6.09 Å². The Bertz CT molecular complexity index is 253. The third kappa shape index (κ3) is 5.37. The summed E-state index contributed by atoms with van der Waals surface area (Å²) < 4.78 is 5.35. The van der Waals surface area contributed by atoms with Crippen molar-refractivity contribution < 1.29 is 9.53 Å². The highest BCUT2D eigenvalue weighted by atomic mass is 16.6. The Morgan fingerprint density at radius 3 is 2.12 bits per heavy atom. The first-order valence-corrected chi connectivity index (χ1v) is 6.13. The fourth-order valence-corrected chi connectivity index (χ4v) is 1.80. The van der Waals surface area contributed by atoms with Crippen LogP contribution in [0, 0.1) is 0 Å². The molecule has 0 saturated carbocycles. The van der Waals surface area contributed by atoms with E-state index < -0.39 is 5.60 Å². The minimum absolute atomic E-state index is 0.193. The summed E-state index contributed by atoms with van der Waals surface area (Å²) in [6.07, 6.45) is -0.193. The van der Waals surface area contributed by atoms with Gasteiger partial charge in [-0.2, -0.15) is 0 Å². The predicted octanol–water partition coefficient (Wildman–Crippen LogP) is 1.06. The highest BCUT2D eigenvalue weighted by molar-refractivity contribution is 5.68. The SMILES string of the molecule is CN(C)CN1CCN(C(=O)OC(C)(C)C)CC1. The third-order valence-corrected chi connectivity index (χ3v) is 2.51. The Morgan fingerprint density at radius 2 is 1.71 bits per heavy atom. The Kier molecular flexibility index (Phi) is 4.77. The number of rotatable bonds is 2. The van der Waals surface area contributed by atoms with Crippen LogP contribution in [0.25, 0.3) is 0 Å². The van der Waals surface area contributed by atoms with Crippen LogP contribution in [0.15, 0.2) is 0 Å². The van der Waals surface area contributed by atoms with Crippen LogP contribution in [0.4, 0.5) is 4.79 Å². The van der Waals surface area contributed by atoms with Gasteiger partial charge < -0.3 is 9.64 Å². The Hall–Kier alpha value is -0.810. The van der Waals surface area contributed by atoms with Gasteiger partial charge in [0.15, 0.2) is 0 Å². The number of hydrogen-bond donors (Lipinski definition) is 0. The first-order chi connectivity index (χ1) is 7.78. The number of nitrogens with zero attached hydrogens (tertiary/aromatic N) is 3. The number of carbonyl (C=O) groups excluding carboxylic acids is 1. The molecule has 0 radical (unpaired) electrons. The number of piperazine rings is 1. The molecule has 0 aromatic heterocycles. The minimum atomic E-state index is -0.405. The second-order valence-electron chi connectivity index (χ2n) is 5.81. The molecular weight excluding hydrogens is 218 g/mol. The molecule has 1 heterocycles. The first-order valence-electron chi connectivity index (χ1n) is 6.13. The van der Waals surface area contributed by atoms with E-state index in [9.17, 15) is 4.79 Å². The van der Waals surface area contributed by atoms with Gasteiger partial charge in [0, 0.05) is 26.2 Å². The smallest absolute Gasteiger partial charge is 0.410 e. The summed E-state index contributed by atoms with van der Waals surface area (Å²) in [7, 11) is 4.11. The molecule has 5 nitrogen and oxygen atoms in total. The summed E-state index contributed by atoms with van der Waals surface area (Å²) in [5, 5.41) is 0. The number of carbonyl (C=O) groups is 1. The van der Waals surface area contributed by atoms with Gasteiger partial charge in [-0.1, -0.05) is 0 Å². The molecule has 1 rings (SSSR count). The zero-order valence-electron chi connectivity index (χ0n) is 11.7. The van der Waals surface area contributed by atoms with Gasteiger partial charge in [-0.15, -0.1) is 0 Å². The van der Waals surface area contributed by atoms with E-state index in [1.165, 1.54) is 0 Å². The molecule has 0 aromatic carbocycles. The maximum absolute atomic E-state index is 11.8. The van der Waals surface area contributed by atoms with E-state index in [0.717, 1.165) is 32.8 Å². The monoisotopic (exact) mass is 243 g/mol. The minimum Gasteiger partial charge on any atom is -0.444 e. The fourth-order valence-electron chi connectivity index (χ4n) is 1.80. The van der Waals surface area contributed by atoms with Gasteiger partial charge in [-0.25, -0.2) is 4.79 Å². The van der Waals surface area contributed by atoms with Gasteiger partial charge in [-0.3, -0.25) is 9.80 Å². The van der Waals surface area contributed by atoms with Gasteiger partial charge in [-0.05, 0) is 34.9 Å². The van der Waals surface area contributed by atoms with Gasteiger partial charge in [0.2, 0.25) is 0 Å². The largest absolute Gasteiger partial charge is 0.444 e. The molecule has 1 saturated heterocycles. The maximum Gasteiger partial charge on any atom is 0.410 e. The zero-order chi connectivity index (χ0) is 13.1. The molecular formula is C12H25N3O2. The lowest BCUT2D eigenvalue weighted by Crippen LogP contribution is -2.51. The second-order valence-corrected chi connectivity index (χ2v) is 5.81. The van der Waals surface area contributed by atoms with Crippen LogP contribution in [0.3, 0.4) is 0 Å². The van der Waals surface area contributed by atoms with Crippen molar-refractivity contribution in [1.29, 1.82) is 0 Å². The standard InChI is InChI=1S/C12H25N3O2/c1-12(2,3)17-11(16)15-8-6-14(7-9-15)10-13(4)5/h6-10H2,1-5H3. The quantitative estimate of drug-likeness (QED) is 0.726. The molecule has 0 bridgehead atoms. The van der Waals surface area contributed by atoms with Crippen LogP contribution in [0.1, 0.15) is 20.8 Å². The van der Waals surface area contributed by atoms with Crippen molar-refractivity contribution in [2.75, 3.05) is 46.9 Å². The van der Waals surface area contributed by atoms with Crippen molar-refractivity contribution in [1.82, 2.24) is 14.7 Å². The van der Waals surface area contributed by atoms with Crippen molar-refractivity contribution in [3.63, 3.8) is 0 Å². The highest BCUT2D eigenvalue weighted by Crippen LogP contribution is 2.11. The number of amides is 1. The number of ether oxygens (including phenoxy) is 1. The lowest BCUT2D eigenvalue weighted by molar-refractivity contribution is 0.0109. The molecule has 1 aliphatic rings. The molecule has 0 aromatic rings. The molecule has 5 heteroatoms. The molecule has 1 amide bonds. The topological polar surface area (TPSA) is 36.0 Å². The maximum atomic E-state index is 11.8. The molecule has 0 aliphatic carbocycles. The van der Waals surface area contributed by atoms with Crippen LogP contribution in [-0.2, 0) is 4.74 Å². The first kappa shape index (κ1) is 14.3. The summed E-state index contributed by atoms with van der Waals surface area (Å²) in [6, 6.07) is 0. The van der Waals surface area contributed by atoms with E-state index in [-0.39, 0.29) is 6.09 Å². The average Bonchev–Trinajstić information content (AvgIpc) is 2.15. The summed E-state index contributed by atoms with van der Waals surface area (Å²) in [5.41, 5.74) is -0.405. The van der Waals surface area contributed by atoms with E-state index in [0.29, 0.717) is 0 Å². The molecule has 17 heavy (non-hydrogen) atoms. The second kappa shape index (κ2) is 5.69. The zero-order valence-corrected chi connectivity index (χ0v) is 11.7. The molecule has 100 valence electrons. The highest BCUT2D eigenvalue weighted by Gasteiger charge is 2.25. The Balaban J connectivity index is 2.34. The Labute approximate surface area is 104 Å².